The van der Waals surface area contributed by atoms with Gasteiger partial charge in [-0.05, 0) is 66.3 Å². The monoisotopic (exact) mass is 484 g/mol. The number of carbonyl (C=O) groups excluding carboxylic acids is 1. The van der Waals surface area contributed by atoms with Gasteiger partial charge in [0.25, 0.3) is 0 Å². The predicted molar refractivity (Wildman–Crippen MR) is 136 cm³/mol. The summed E-state index contributed by atoms with van der Waals surface area (Å²) in [5, 5.41) is 17.3. The second kappa shape index (κ2) is 11.0. The maximum atomic E-state index is 13.7. The van der Waals surface area contributed by atoms with Crippen LogP contribution in [0.15, 0.2) is 54.6 Å². The summed E-state index contributed by atoms with van der Waals surface area (Å²) in [6, 6.07) is 11.8. The van der Waals surface area contributed by atoms with Crippen molar-refractivity contribution in [3.63, 3.8) is 0 Å². The van der Waals surface area contributed by atoms with Crippen molar-refractivity contribution >= 4 is 5.91 Å². The van der Waals surface area contributed by atoms with Crippen LogP contribution in [0.4, 0.5) is 8.78 Å². The number of aliphatic hydroxyl groups is 1. The van der Waals surface area contributed by atoms with Crippen molar-refractivity contribution in [2.75, 3.05) is 13.6 Å². The van der Waals surface area contributed by atoms with E-state index in [4.69, 9.17) is 0 Å². The van der Waals surface area contributed by atoms with Crippen molar-refractivity contribution in [3.05, 3.63) is 82.9 Å². The lowest BCUT2D eigenvalue weighted by Crippen LogP contribution is -2.50. The molecule has 0 saturated heterocycles. The molecule has 2 atom stereocenters. The molecule has 3 rings (SSSR count). The standard InChI is InChI=1S/C29H38F2N2O2/c1-19-9-11-29(12-10-19,22-8-6-7-21(16-22)28(2,3)4)33-18-26(34)25(27(35)32-5)15-20-13-23(30)17-24(31)14-20/h6-8,13-14,16-17,25-26,33-34H,1,9-12,15,18H2,2-5H3,(H,32,35). The molecule has 35 heavy (non-hydrogen) atoms. The highest BCUT2D eigenvalue weighted by Crippen LogP contribution is 2.40. The number of allylic oxidation sites excluding steroid dienone is 1. The molecule has 2 aromatic carbocycles. The molecular formula is C29H38F2N2O2. The molecule has 0 bridgehead atoms. The highest BCUT2D eigenvalue weighted by Gasteiger charge is 2.37. The number of hydrogen-bond donors (Lipinski definition) is 3. The second-order valence-electron chi connectivity index (χ2n) is 10.8. The van der Waals surface area contributed by atoms with E-state index in [2.05, 4.69) is 62.2 Å². The molecule has 0 heterocycles. The molecule has 190 valence electrons. The van der Waals surface area contributed by atoms with Gasteiger partial charge in [-0.2, -0.15) is 0 Å². The normalized spacial score (nSPS) is 17.6. The molecule has 2 unspecified atom stereocenters. The molecule has 2 aromatic rings. The Morgan fingerprint density at radius 1 is 1.11 bits per heavy atom. The Labute approximate surface area is 207 Å². The molecule has 1 saturated carbocycles. The molecule has 1 aliphatic carbocycles. The largest absolute Gasteiger partial charge is 0.391 e. The van der Waals surface area contributed by atoms with E-state index in [1.807, 2.05) is 0 Å². The van der Waals surface area contributed by atoms with Crippen LogP contribution in [0, 0.1) is 17.6 Å². The van der Waals surface area contributed by atoms with Crippen molar-refractivity contribution in [1.82, 2.24) is 10.6 Å². The average Bonchev–Trinajstić information content (AvgIpc) is 2.80. The fraction of sp³-hybridized carbons (Fsp3) is 0.483. The third-order valence-corrected chi connectivity index (χ3v) is 7.17. The van der Waals surface area contributed by atoms with Crippen LogP contribution in [0.5, 0.6) is 0 Å². The number of carbonyl (C=O) groups is 1. The van der Waals surface area contributed by atoms with Crippen LogP contribution in [-0.2, 0) is 22.2 Å². The van der Waals surface area contributed by atoms with Crippen molar-refractivity contribution in [3.8, 4) is 0 Å². The molecular weight excluding hydrogens is 446 g/mol. The zero-order valence-electron chi connectivity index (χ0n) is 21.3. The van der Waals surface area contributed by atoms with Crippen molar-refractivity contribution in [2.45, 2.75) is 69.9 Å². The summed E-state index contributed by atoms with van der Waals surface area (Å²) >= 11 is 0. The molecule has 6 heteroatoms. The number of nitrogens with one attached hydrogen (secondary N) is 2. The third-order valence-electron chi connectivity index (χ3n) is 7.17. The third kappa shape index (κ3) is 6.77. The van der Waals surface area contributed by atoms with Gasteiger partial charge in [-0.3, -0.25) is 4.79 Å². The Morgan fingerprint density at radius 3 is 2.31 bits per heavy atom. The van der Waals surface area contributed by atoms with Gasteiger partial charge in [0.15, 0.2) is 0 Å². The summed E-state index contributed by atoms with van der Waals surface area (Å²) in [6.07, 6.45) is 2.42. The molecule has 0 radical (unpaired) electrons. The van der Waals surface area contributed by atoms with Crippen molar-refractivity contribution < 1.29 is 18.7 Å². The number of halogens is 2. The van der Waals surface area contributed by atoms with E-state index in [1.54, 1.807) is 0 Å². The quantitative estimate of drug-likeness (QED) is 0.455. The fourth-order valence-corrected chi connectivity index (χ4v) is 4.90. The summed E-state index contributed by atoms with van der Waals surface area (Å²) in [4.78, 5) is 12.6. The van der Waals surface area contributed by atoms with Crippen molar-refractivity contribution in [2.24, 2.45) is 5.92 Å². The minimum atomic E-state index is -1.05. The lowest BCUT2D eigenvalue weighted by molar-refractivity contribution is -0.128. The zero-order chi connectivity index (χ0) is 25.8. The van der Waals surface area contributed by atoms with Gasteiger partial charge < -0.3 is 15.7 Å². The Hall–Kier alpha value is -2.57. The first kappa shape index (κ1) is 27.0. The summed E-state index contributed by atoms with van der Waals surface area (Å²) in [5.41, 5.74) is 3.58. The molecule has 4 nitrogen and oxygen atoms in total. The topological polar surface area (TPSA) is 61.4 Å². The van der Waals surface area contributed by atoms with Crippen LogP contribution >= 0.6 is 0 Å². The van der Waals surface area contributed by atoms with Gasteiger partial charge in [0, 0.05) is 25.2 Å². The summed E-state index contributed by atoms with van der Waals surface area (Å²) in [6.45, 7) is 10.9. The van der Waals surface area contributed by atoms with E-state index in [0.29, 0.717) is 5.56 Å². The van der Waals surface area contributed by atoms with Gasteiger partial charge in [0.05, 0.1) is 12.0 Å². The van der Waals surface area contributed by atoms with E-state index in [9.17, 15) is 18.7 Å². The Balaban J connectivity index is 1.85. The van der Waals surface area contributed by atoms with Gasteiger partial charge in [0.1, 0.15) is 11.6 Å². The lowest BCUT2D eigenvalue weighted by atomic mass is 9.73. The molecule has 0 aliphatic heterocycles. The van der Waals surface area contributed by atoms with Crippen LogP contribution in [0.25, 0.3) is 0 Å². The van der Waals surface area contributed by atoms with Crippen LogP contribution in [0.2, 0.25) is 0 Å². The maximum absolute atomic E-state index is 13.7. The molecule has 1 aliphatic rings. The van der Waals surface area contributed by atoms with Crippen LogP contribution in [-0.4, -0.2) is 30.7 Å². The van der Waals surface area contributed by atoms with Gasteiger partial charge >= 0.3 is 0 Å². The highest BCUT2D eigenvalue weighted by atomic mass is 19.1. The minimum absolute atomic E-state index is 0.000477. The summed E-state index contributed by atoms with van der Waals surface area (Å²) in [5.74, 6) is -2.64. The van der Waals surface area contributed by atoms with E-state index in [0.717, 1.165) is 37.3 Å². The molecule has 3 N–H and O–H groups in total. The summed E-state index contributed by atoms with van der Waals surface area (Å²) < 4.78 is 27.4. The van der Waals surface area contributed by atoms with E-state index < -0.39 is 23.7 Å². The minimum Gasteiger partial charge on any atom is -0.391 e. The molecule has 0 aromatic heterocycles. The van der Waals surface area contributed by atoms with E-state index in [1.165, 1.54) is 30.3 Å². The van der Waals surface area contributed by atoms with Gasteiger partial charge in [-0.1, -0.05) is 57.2 Å². The predicted octanol–water partition coefficient (Wildman–Crippen LogP) is 5.14. The smallest absolute Gasteiger partial charge is 0.225 e. The Kier molecular flexibility index (Phi) is 8.50. The lowest BCUT2D eigenvalue weighted by Gasteiger charge is -2.41. The fourth-order valence-electron chi connectivity index (χ4n) is 4.90. The van der Waals surface area contributed by atoms with Crippen LogP contribution in [0.3, 0.4) is 0 Å². The Bertz CT molecular complexity index is 1030. The first-order valence-electron chi connectivity index (χ1n) is 12.3. The first-order chi connectivity index (χ1) is 16.4. The number of rotatable bonds is 8. The average molecular weight is 485 g/mol. The molecule has 1 amide bonds. The zero-order valence-corrected chi connectivity index (χ0v) is 21.3. The Morgan fingerprint density at radius 2 is 1.74 bits per heavy atom. The van der Waals surface area contributed by atoms with Gasteiger partial charge in [-0.25, -0.2) is 8.78 Å². The second-order valence-corrected chi connectivity index (χ2v) is 10.8. The summed E-state index contributed by atoms with van der Waals surface area (Å²) in [7, 11) is 1.49. The number of hydrogen-bond acceptors (Lipinski definition) is 3. The maximum Gasteiger partial charge on any atom is 0.225 e. The first-order valence-corrected chi connectivity index (χ1v) is 12.3. The molecule has 0 spiro atoms. The van der Waals surface area contributed by atoms with E-state index >= 15 is 0 Å². The van der Waals surface area contributed by atoms with Gasteiger partial charge in [-0.15, -0.1) is 0 Å². The van der Waals surface area contributed by atoms with Crippen molar-refractivity contribution in [1.29, 1.82) is 0 Å². The number of amides is 1. The number of benzene rings is 2. The SMILES string of the molecule is C=C1CCC(NCC(O)C(Cc2cc(F)cc(F)c2)C(=O)NC)(c2cccc(C(C)(C)C)c2)CC1. The van der Waals surface area contributed by atoms with Crippen LogP contribution in [0.1, 0.15) is 63.1 Å². The van der Waals surface area contributed by atoms with Crippen LogP contribution < -0.4 is 10.6 Å². The number of aliphatic hydroxyl groups excluding tert-OH is 1. The highest BCUT2D eigenvalue weighted by molar-refractivity contribution is 5.79. The van der Waals surface area contributed by atoms with E-state index in [-0.39, 0.29) is 29.8 Å². The molecule has 1 fully saturated rings. The van der Waals surface area contributed by atoms with Gasteiger partial charge in [0.2, 0.25) is 5.91 Å².